The lowest BCUT2D eigenvalue weighted by Gasteiger charge is -2.06. The summed E-state index contributed by atoms with van der Waals surface area (Å²) in [6.45, 7) is 1.69. The number of aliphatic hydroxyl groups excluding tert-OH is 2. The zero-order valence-corrected chi connectivity index (χ0v) is 40.6. The molecule has 0 spiro atoms. The van der Waals surface area contributed by atoms with Gasteiger partial charge in [-0.3, -0.25) is 33.6 Å². The Balaban J connectivity index is 0. The van der Waals surface area contributed by atoms with E-state index in [-0.39, 0.29) is 18.2 Å². The minimum atomic E-state index is -1.18. The fourth-order valence-corrected chi connectivity index (χ4v) is 5.59. The van der Waals surface area contributed by atoms with E-state index in [1.165, 1.54) is 19.1 Å². The number of carboxylic acid groups (broad SMARTS) is 7. The number of aliphatic carboxylic acids is 7. The topological polar surface area (TPSA) is 506 Å². The van der Waals surface area contributed by atoms with Crippen LogP contribution in [0, 0.1) is 0 Å². The quantitative estimate of drug-likeness (QED) is 0.0583. The van der Waals surface area contributed by atoms with Crippen molar-refractivity contribution in [3.63, 3.8) is 0 Å². The molecule has 402 valence electrons. The third-order valence-electron chi connectivity index (χ3n) is 9.38. The number of fused-ring (bicyclic) bond motifs is 1. The van der Waals surface area contributed by atoms with Crippen LogP contribution in [0.25, 0.3) is 10.9 Å². The van der Waals surface area contributed by atoms with E-state index < -0.39 is 90.7 Å². The monoisotopic (exact) mass is 1040 g/mol. The van der Waals surface area contributed by atoms with Crippen molar-refractivity contribution in [1.82, 2.24) is 10.3 Å². The van der Waals surface area contributed by atoms with Crippen LogP contribution in [0.1, 0.15) is 42.9 Å². The van der Waals surface area contributed by atoms with Gasteiger partial charge in [0.2, 0.25) is 0 Å². The van der Waals surface area contributed by atoms with Gasteiger partial charge in [-0.25, -0.2) is 0 Å². The number of aromatic hydroxyl groups is 1. The van der Waals surface area contributed by atoms with Crippen LogP contribution >= 0.6 is 11.8 Å². The van der Waals surface area contributed by atoms with E-state index in [2.05, 4.69) is 10.3 Å². The van der Waals surface area contributed by atoms with Gasteiger partial charge in [0.25, 0.3) is 0 Å². The van der Waals surface area contributed by atoms with Crippen molar-refractivity contribution in [3.05, 3.63) is 102 Å². The van der Waals surface area contributed by atoms with Crippen molar-refractivity contribution in [1.29, 1.82) is 0 Å². The summed E-state index contributed by atoms with van der Waals surface area (Å²) in [6.07, 6.45) is 6.10. The molecule has 4 aromatic rings. The first-order valence-electron chi connectivity index (χ1n) is 21.7. The summed E-state index contributed by atoms with van der Waals surface area (Å²) in [6, 6.07) is 17.6. The second kappa shape index (κ2) is 38.0. The Hall–Kier alpha value is -6.72. The molecule has 0 unspecified atom stereocenters. The van der Waals surface area contributed by atoms with Crippen molar-refractivity contribution in [2.24, 2.45) is 34.4 Å². The van der Waals surface area contributed by atoms with Crippen LogP contribution in [0.3, 0.4) is 0 Å². The summed E-state index contributed by atoms with van der Waals surface area (Å²) in [5.74, 6) is -5.97. The largest absolute Gasteiger partial charge is 0.508 e. The van der Waals surface area contributed by atoms with Gasteiger partial charge < -0.3 is 95.8 Å². The maximum absolute atomic E-state index is 10.6. The number of benzene rings is 3. The summed E-state index contributed by atoms with van der Waals surface area (Å²) < 4.78 is 0. The first kappa shape index (κ1) is 67.4. The van der Waals surface area contributed by atoms with Gasteiger partial charge in [0.15, 0.2) is 0 Å². The van der Waals surface area contributed by atoms with E-state index in [4.69, 9.17) is 85.5 Å². The molecule has 0 bridgehead atoms. The van der Waals surface area contributed by atoms with E-state index >= 15 is 0 Å². The molecule has 0 amide bonds. The third-order valence-corrected chi connectivity index (χ3v) is 10.0. The number of thioether (sulfide) groups is 1. The number of rotatable bonds is 18. The van der Waals surface area contributed by atoms with Gasteiger partial charge in [-0.2, -0.15) is 11.8 Å². The lowest BCUT2D eigenvalue weighted by atomic mass is 10.1. The second-order valence-corrected chi connectivity index (χ2v) is 16.4. The molecule has 24 N–H and O–H groups in total. The number of hydrogen-bond acceptors (Lipinski definition) is 18. The molecule has 1 fully saturated rings. The summed E-state index contributed by atoms with van der Waals surface area (Å²) in [5, 5.41) is 87.7. The molecule has 26 heteroatoms. The molecule has 5 rings (SSSR count). The molecule has 1 aliphatic rings. The summed E-state index contributed by atoms with van der Waals surface area (Å²) in [7, 11) is 0. The number of phenolic OH excluding ortho intramolecular Hbond substituents is 1. The number of aliphatic hydroxyl groups is 2. The number of para-hydroxylation sites is 1. The van der Waals surface area contributed by atoms with Crippen molar-refractivity contribution in [2.75, 3.05) is 25.2 Å². The Kier molecular flexibility index (Phi) is 35.6. The second-order valence-electron chi connectivity index (χ2n) is 15.4. The van der Waals surface area contributed by atoms with Gasteiger partial charge in [-0.05, 0) is 92.5 Å². The molecule has 0 saturated carbocycles. The predicted molar refractivity (Wildman–Crippen MR) is 268 cm³/mol. The average Bonchev–Trinajstić information content (AvgIpc) is 4.04. The van der Waals surface area contributed by atoms with Crippen molar-refractivity contribution in [3.8, 4) is 5.75 Å². The molecular weight excluding hydrogens is 969 g/mol. The van der Waals surface area contributed by atoms with Crippen LogP contribution in [0.5, 0.6) is 5.75 Å². The molecule has 25 nitrogen and oxygen atoms in total. The molecule has 1 aliphatic heterocycles. The Labute approximate surface area is 419 Å². The van der Waals surface area contributed by atoms with Crippen LogP contribution in [0.2, 0.25) is 0 Å². The van der Waals surface area contributed by atoms with Gasteiger partial charge in [0.05, 0.1) is 12.7 Å². The van der Waals surface area contributed by atoms with Crippen LogP contribution in [-0.2, 0) is 52.8 Å². The molecule has 1 aromatic heterocycles. The molecule has 0 radical (unpaired) electrons. The first-order valence-corrected chi connectivity index (χ1v) is 23.1. The van der Waals surface area contributed by atoms with Gasteiger partial charge in [-0.1, -0.05) is 60.7 Å². The van der Waals surface area contributed by atoms with Gasteiger partial charge in [0, 0.05) is 23.5 Å². The molecule has 72 heavy (non-hydrogen) atoms. The Morgan fingerprint density at radius 2 is 1.08 bits per heavy atom. The minimum absolute atomic E-state index is 0.160. The first-order chi connectivity index (χ1) is 33.7. The molecule has 8 atom stereocenters. The highest BCUT2D eigenvalue weighted by atomic mass is 32.2. The van der Waals surface area contributed by atoms with Crippen LogP contribution in [0.15, 0.2) is 85.1 Å². The van der Waals surface area contributed by atoms with Crippen LogP contribution in [0.4, 0.5) is 0 Å². The number of nitrogens with two attached hydrogens (primary N) is 6. The minimum Gasteiger partial charge on any atom is -0.508 e. The lowest BCUT2D eigenvalue weighted by Crippen LogP contribution is -2.39. The summed E-state index contributed by atoms with van der Waals surface area (Å²) in [4.78, 5) is 74.2. The van der Waals surface area contributed by atoms with Gasteiger partial charge in [0.1, 0.15) is 48.0 Å². The van der Waals surface area contributed by atoms with Gasteiger partial charge in [-0.15, -0.1) is 0 Å². The Bertz CT molecular complexity index is 2190. The summed E-state index contributed by atoms with van der Waals surface area (Å²) >= 11 is 1.60. The zero-order valence-electron chi connectivity index (χ0n) is 39.8. The molecule has 0 aliphatic carbocycles. The van der Waals surface area contributed by atoms with Crippen molar-refractivity contribution >= 4 is 64.4 Å². The zero-order chi connectivity index (χ0) is 55.5. The number of hydrogen-bond donors (Lipinski definition) is 18. The van der Waals surface area contributed by atoms with E-state index in [0.717, 1.165) is 52.7 Å². The summed E-state index contributed by atoms with van der Waals surface area (Å²) in [5.41, 5.74) is 34.7. The standard InChI is InChI=1S/C11H12N2O2.C9H11NO3.C9H11NO2.C5H11NO2S.C5H9NO2.C4H9NO3.C3H7NO3/c12-9(11(14)15)5-7-6-13-10-4-2-1-3-8(7)10;10-8(9(12)13)5-6-1-3-7(11)4-2-6;10-8(9(11)12)6-7-4-2-1-3-5-7;1-9-3-2-4(6)5(7)8;7-5(8)4-2-1-3-6-4;1-2(6)3(5)4(7)8;4-2(1-5)3(6)7/h1-4,6,9,13H,5,12H2,(H,14,15);1-4,8,11H,5,10H2,(H,12,13);1-5,8H,6,10H2,(H,11,12);4H,2-3,6H2,1H3,(H,7,8);4,6H,1-3H2,(H,7,8);2-3,6H,5H2,1H3,(H,7,8);2,5H,1,4H2,(H,6,7)/t9-;2*8-;2*4-;2-,3+;2-/m0000010/s1. The van der Waals surface area contributed by atoms with E-state index in [1.54, 1.807) is 23.9 Å². The highest BCUT2D eigenvalue weighted by Gasteiger charge is 2.20. The molecule has 3 aromatic carbocycles. The van der Waals surface area contributed by atoms with Crippen LogP contribution < -0.4 is 39.7 Å². The third kappa shape index (κ3) is 31.5. The van der Waals surface area contributed by atoms with Gasteiger partial charge >= 0.3 is 41.8 Å². The number of aromatic amines is 1. The maximum atomic E-state index is 10.6. The SMILES string of the molecule is CSCC[C@H](N)C(=O)O.C[C@@H](O)[C@H](N)C(=O)O.N[C@@H](CO)C(=O)O.N[C@@H](Cc1c[nH]c2ccccc12)C(=O)O.N[C@@H](Cc1ccc(O)cc1)C(=O)O.N[C@@H](Cc1ccccc1)C(=O)O.O=C(O)[C@@H]1CCCN1. The fraction of sp³-hybridized carbons (Fsp3) is 0.413. The normalized spacial score (nSPS) is 15.0. The average molecular weight is 1040 g/mol. The molecule has 1 saturated heterocycles. The Morgan fingerprint density at radius 3 is 1.44 bits per heavy atom. The molecular formula is C46H70N8O17S. The maximum Gasteiger partial charge on any atom is 0.323 e. The van der Waals surface area contributed by atoms with E-state index in [1.807, 2.05) is 67.0 Å². The van der Waals surface area contributed by atoms with Crippen molar-refractivity contribution < 1.29 is 84.6 Å². The lowest BCUT2D eigenvalue weighted by molar-refractivity contribution is -0.141. The number of nitrogens with one attached hydrogen (secondary N) is 2. The van der Waals surface area contributed by atoms with E-state index in [0.29, 0.717) is 19.3 Å². The number of phenols is 1. The number of carbonyl (C=O) groups is 7. The number of aromatic nitrogens is 1. The smallest absolute Gasteiger partial charge is 0.323 e. The number of H-pyrrole nitrogens is 1. The van der Waals surface area contributed by atoms with Crippen LogP contribution in [-0.4, -0.2) is 171 Å². The molecule has 2 heterocycles. The predicted octanol–water partition coefficient (Wildman–Crippen LogP) is -0.746. The highest BCUT2D eigenvalue weighted by Crippen LogP contribution is 2.18. The van der Waals surface area contributed by atoms with E-state index in [9.17, 15) is 33.6 Å². The highest BCUT2D eigenvalue weighted by molar-refractivity contribution is 7.98. The Morgan fingerprint density at radius 1 is 0.625 bits per heavy atom. The fourth-order valence-electron chi connectivity index (χ4n) is 5.10. The van der Waals surface area contributed by atoms with Crippen molar-refractivity contribution in [2.45, 2.75) is 93.8 Å². The number of carboxylic acids is 7.